The minimum absolute atomic E-state index is 0.103. The number of carbonyl (C=O) groups is 4. The Labute approximate surface area is 287 Å². The third-order valence-electron chi connectivity index (χ3n) is 7.64. The molecular formula is C36H37N3O5S3. The van der Waals surface area contributed by atoms with Crippen LogP contribution in [-0.4, -0.2) is 35.5 Å². The van der Waals surface area contributed by atoms with E-state index in [1.54, 1.807) is 55.5 Å². The summed E-state index contributed by atoms with van der Waals surface area (Å²) in [7, 11) is 0. The van der Waals surface area contributed by atoms with Crippen LogP contribution in [0, 0.1) is 5.92 Å². The van der Waals surface area contributed by atoms with Gasteiger partial charge in [-0.25, -0.2) is 4.79 Å². The number of ether oxygens (including phenoxy) is 1. The Morgan fingerprint density at radius 1 is 1.04 bits per heavy atom. The van der Waals surface area contributed by atoms with Gasteiger partial charge in [-0.2, -0.15) is 11.3 Å². The van der Waals surface area contributed by atoms with Crippen molar-refractivity contribution in [1.82, 2.24) is 5.32 Å². The lowest BCUT2D eigenvalue weighted by atomic mass is 9.88. The number of hydrogen-bond donors (Lipinski definition) is 3. The van der Waals surface area contributed by atoms with Gasteiger partial charge in [0, 0.05) is 21.0 Å². The molecule has 3 amide bonds. The van der Waals surface area contributed by atoms with Crippen molar-refractivity contribution in [2.45, 2.75) is 56.6 Å². The molecule has 0 radical (unpaired) electrons. The van der Waals surface area contributed by atoms with Crippen molar-refractivity contribution in [2.24, 2.45) is 5.92 Å². The van der Waals surface area contributed by atoms with Gasteiger partial charge in [0.05, 0.1) is 17.4 Å². The molecule has 47 heavy (non-hydrogen) atoms. The number of fused-ring (bicyclic) bond motifs is 1. The summed E-state index contributed by atoms with van der Waals surface area (Å²) in [6, 6.07) is 17.8. The fourth-order valence-electron chi connectivity index (χ4n) is 5.25. The summed E-state index contributed by atoms with van der Waals surface area (Å²) in [5.74, 6) is -0.945. The number of thioether (sulfide) groups is 1. The van der Waals surface area contributed by atoms with Crippen LogP contribution in [0.25, 0.3) is 6.08 Å². The first-order valence-electron chi connectivity index (χ1n) is 15.6. The number of amides is 3. The second-order valence-corrected chi connectivity index (χ2v) is 14.4. The molecule has 0 bridgehead atoms. The molecule has 2 unspecified atom stereocenters. The van der Waals surface area contributed by atoms with Gasteiger partial charge in [-0.3, -0.25) is 14.4 Å². The van der Waals surface area contributed by atoms with E-state index in [0.29, 0.717) is 34.2 Å². The lowest BCUT2D eigenvalue weighted by Gasteiger charge is -2.18. The van der Waals surface area contributed by atoms with E-state index < -0.39 is 23.0 Å². The quantitative estimate of drug-likeness (QED) is 0.0790. The molecule has 8 nitrogen and oxygen atoms in total. The third-order valence-corrected chi connectivity index (χ3v) is 10.9. The highest BCUT2D eigenvalue weighted by molar-refractivity contribution is 8.00. The molecule has 0 aliphatic heterocycles. The van der Waals surface area contributed by atoms with Crippen LogP contribution in [0.1, 0.15) is 70.3 Å². The maximum atomic E-state index is 13.6. The molecule has 5 rings (SSSR count). The molecule has 1 aliphatic carbocycles. The molecule has 0 saturated heterocycles. The second-order valence-electron chi connectivity index (χ2n) is 11.2. The molecule has 11 heteroatoms. The molecule has 3 N–H and O–H groups in total. The Kier molecular flexibility index (Phi) is 11.7. The largest absolute Gasteiger partial charge is 0.462 e. The van der Waals surface area contributed by atoms with E-state index in [1.165, 1.54) is 34.4 Å². The second kappa shape index (κ2) is 16.1. The fraction of sp³-hybridized carbons (Fsp3) is 0.278. The molecule has 2 heterocycles. The summed E-state index contributed by atoms with van der Waals surface area (Å²) in [5.41, 5.74) is 3.34. The Bertz CT molecular complexity index is 1770. The Hall–Kier alpha value is -4.19. The minimum atomic E-state index is -0.477. The van der Waals surface area contributed by atoms with Crippen LogP contribution in [-0.2, 0) is 27.2 Å². The lowest BCUT2D eigenvalue weighted by Crippen LogP contribution is -2.30. The number of hydrogen-bond acceptors (Lipinski definition) is 8. The Morgan fingerprint density at radius 3 is 2.57 bits per heavy atom. The molecule has 0 saturated carbocycles. The van der Waals surface area contributed by atoms with E-state index in [9.17, 15) is 19.2 Å². The highest BCUT2D eigenvalue weighted by atomic mass is 32.2. The maximum Gasteiger partial charge on any atom is 0.341 e. The van der Waals surface area contributed by atoms with Gasteiger partial charge < -0.3 is 20.7 Å². The van der Waals surface area contributed by atoms with Crippen molar-refractivity contribution in [2.75, 3.05) is 17.2 Å². The highest BCUT2D eigenvalue weighted by Crippen LogP contribution is 2.40. The van der Waals surface area contributed by atoms with Gasteiger partial charge in [0.1, 0.15) is 10.7 Å². The molecule has 0 fully saturated rings. The van der Waals surface area contributed by atoms with Gasteiger partial charge >= 0.3 is 5.97 Å². The predicted molar refractivity (Wildman–Crippen MR) is 191 cm³/mol. The minimum Gasteiger partial charge on any atom is -0.462 e. The molecular weight excluding hydrogens is 651 g/mol. The standard InChI is InChI=1S/C36H37N3O5S3/c1-4-29(34(42)39-35-31(36(43)44-5-2)27-15-14-22(3)18-30(27)47-35)46-26-13-9-12-25(20-26)37-33(41)28(19-23-16-17-45-21-23)38-32(40)24-10-7-6-8-11-24/h6-13,16-17,19-22,29H,4-5,14-15,18H2,1-3H3,(H,37,41)(H,38,40)(H,39,42)/b28-19-. The van der Waals surface area contributed by atoms with Gasteiger partial charge in [-0.1, -0.05) is 38.1 Å². The van der Waals surface area contributed by atoms with Crippen molar-refractivity contribution >= 4 is 74.9 Å². The van der Waals surface area contributed by atoms with E-state index in [-0.39, 0.29) is 18.2 Å². The highest BCUT2D eigenvalue weighted by Gasteiger charge is 2.30. The van der Waals surface area contributed by atoms with Crippen LogP contribution in [0.15, 0.2) is 82.0 Å². The van der Waals surface area contributed by atoms with Crippen molar-refractivity contribution in [3.63, 3.8) is 0 Å². The molecule has 2 atom stereocenters. The molecule has 4 aromatic rings. The van der Waals surface area contributed by atoms with Crippen LogP contribution in [0.3, 0.4) is 0 Å². The summed E-state index contributed by atoms with van der Waals surface area (Å²) < 4.78 is 5.37. The van der Waals surface area contributed by atoms with E-state index in [2.05, 4.69) is 22.9 Å². The summed E-state index contributed by atoms with van der Waals surface area (Å²) in [6.45, 7) is 6.18. The number of rotatable bonds is 12. The Morgan fingerprint density at radius 2 is 1.85 bits per heavy atom. The van der Waals surface area contributed by atoms with Crippen LogP contribution in [0.4, 0.5) is 10.7 Å². The topological polar surface area (TPSA) is 114 Å². The monoisotopic (exact) mass is 687 g/mol. The number of carbonyl (C=O) groups excluding carboxylic acids is 4. The average molecular weight is 688 g/mol. The SMILES string of the molecule is CCOC(=O)c1c(NC(=O)C(CC)Sc2cccc(NC(=O)/C(=C/c3ccsc3)NC(=O)c3ccccc3)c2)sc2c1CCC(C)C2. The number of thiophene rings is 2. The first kappa shape index (κ1) is 34.2. The first-order valence-corrected chi connectivity index (χ1v) is 18.2. The van der Waals surface area contributed by atoms with Gasteiger partial charge in [0.25, 0.3) is 11.8 Å². The molecule has 1 aliphatic rings. The lowest BCUT2D eigenvalue weighted by molar-refractivity contribution is -0.116. The van der Waals surface area contributed by atoms with E-state index in [4.69, 9.17) is 4.74 Å². The van der Waals surface area contributed by atoms with Crippen molar-refractivity contribution in [3.8, 4) is 0 Å². The first-order chi connectivity index (χ1) is 22.7. The van der Waals surface area contributed by atoms with Gasteiger partial charge in [0.15, 0.2) is 0 Å². The van der Waals surface area contributed by atoms with Gasteiger partial charge in [-0.15, -0.1) is 23.1 Å². The van der Waals surface area contributed by atoms with Gasteiger partial charge in [-0.05, 0) is 103 Å². The van der Waals surface area contributed by atoms with Crippen molar-refractivity contribution in [3.05, 3.63) is 104 Å². The van der Waals surface area contributed by atoms with Crippen LogP contribution in [0.5, 0.6) is 0 Å². The average Bonchev–Trinajstić information content (AvgIpc) is 3.71. The van der Waals surface area contributed by atoms with E-state index >= 15 is 0 Å². The summed E-state index contributed by atoms with van der Waals surface area (Å²) >= 11 is 4.34. The Balaban J connectivity index is 1.30. The smallest absolute Gasteiger partial charge is 0.341 e. The van der Waals surface area contributed by atoms with Crippen LogP contribution < -0.4 is 16.0 Å². The third kappa shape index (κ3) is 8.79. The predicted octanol–water partition coefficient (Wildman–Crippen LogP) is 8.03. The van der Waals surface area contributed by atoms with E-state index in [1.807, 2.05) is 35.9 Å². The van der Waals surface area contributed by atoms with Crippen molar-refractivity contribution in [1.29, 1.82) is 0 Å². The summed E-state index contributed by atoms with van der Waals surface area (Å²) in [5, 5.41) is 12.6. The molecule has 0 spiro atoms. The number of anilines is 2. The zero-order valence-electron chi connectivity index (χ0n) is 26.5. The molecule has 244 valence electrons. The van der Waals surface area contributed by atoms with E-state index in [0.717, 1.165) is 40.2 Å². The van der Waals surface area contributed by atoms with Crippen LogP contribution in [0.2, 0.25) is 0 Å². The fourth-order valence-corrected chi connectivity index (χ4v) is 8.28. The summed E-state index contributed by atoms with van der Waals surface area (Å²) in [4.78, 5) is 54.8. The zero-order valence-corrected chi connectivity index (χ0v) is 28.9. The normalized spacial score (nSPS) is 14.9. The number of nitrogens with one attached hydrogen (secondary N) is 3. The van der Waals surface area contributed by atoms with Gasteiger partial charge in [0.2, 0.25) is 5.91 Å². The molecule has 2 aromatic heterocycles. The van der Waals surface area contributed by atoms with Crippen molar-refractivity contribution < 1.29 is 23.9 Å². The van der Waals surface area contributed by atoms with Crippen LogP contribution >= 0.6 is 34.4 Å². The molecule has 2 aromatic carbocycles. The number of benzene rings is 2. The zero-order chi connectivity index (χ0) is 33.3. The number of esters is 1. The summed E-state index contributed by atoms with van der Waals surface area (Å²) in [6.07, 6.45) is 4.85. The maximum absolute atomic E-state index is 13.6.